The number of anilines is 3. The number of fused-ring (bicyclic) bond motifs is 1. The lowest BCUT2D eigenvalue weighted by molar-refractivity contribution is 0.0527. The van der Waals surface area contributed by atoms with Crippen LogP contribution in [0.15, 0.2) is 24.3 Å². The van der Waals surface area contributed by atoms with Gasteiger partial charge in [-0.2, -0.15) is 0 Å². The highest BCUT2D eigenvalue weighted by Crippen LogP contribution is 2.38. The molecule has 2 aromatic rings. The van der Waals surface area contributed by atoms with Crippen molar-refractivity contribution in [3.8, 4) is 0 Å². The van der Waals surface area contributed by atoms with Crippen molar-refractivity contribution in [2.75, 3.05) is 35.2 Å². The van der Waals surface area contributed by atoms with Gasteiger partial charge in [-0.3, -0.25) is 0 Å². The molecule has 1 aliphatic rings. The van der Waals surface area contributed by atoms with E-state index < -0.39 is 0 Å². The quantitative estimate of drug-likeness (QED) is 0.317. The molecular weight excluding hydrogens is 414 g/mol. The summed E-state index contributed by atoms with van der Waals surface area (Å²) in [7, 11) is 0. The van der Waals surface area contributed by atoms with E-state index in [1.165, 1.54) is 17.0 Å². The minimum absolute atomic E-state index is 0.259. The number of nitrogens with one attached hydrogen (secondary N) is 2. The van der Waals surface area contributed by atoms with Crippen molar-refractivity contribution in [2.24, 2.45) is 0 Å². The summed E-state index contributed by atoms with van der Waals surface area (Å²) in [6, 6.07) is 8.24. The topological polar surface area (TPSA) is 53.6 Å². The largest absolute Gasteiger partial charge is 0.462 e. The Morgan fingerprint density at radius 2 is 1.77 bits per heavy atom. The molecule has 1 aromatic carbocycles. The molecule has 0 unspecified atom stereocenters. The molecule has 0 bridgehead atoms. The first-order valence-electron chi connectivity index (χ1n) is 10.8. The van der Waals surface area contributed by atoms with Crippen LogP contribution < -0.4 is 15.5 Å². The minimum Gasteiger partial charge on any atom is -0.462 e. The van der Waals surface area contributed by atoms with E-state index in [1.807, 2.05) is 19.1 Å². The monoisotopic (exact) mass is 445 g/mol. The van der Waals surface area contributed by atoms with Gasteiger partial charge in [-0.1, -0.05) is 6.42 Å². The summed E-state index contributed by atoms with van der Waals surface area (Å²) in [5, 5.41) is 7.77. The molecule has 7 heteroatoms. The summed E-state index contributed by atoms with van der Waals surface area (Å²) in [6.45, 7) is 8.46. The number of hydrogen-bond acceptors (Lipinski definition) is 5. The lowest BCUT2D eigenvalue weighted by Crippen LogP contribution is -2.22. The van der Waals surface area contributed by atoms with Gasteiger partial charge in [0.15, 0.2) is 5.11 Å². The van der Waals surface area contributed by atoms with Gasteiger partial charge in [0.1, 0.15) is 5.00 Å². The molecule has 0 amide bonds. The van der Waals surface area contributed by atoms with Gasteiger partial charge < -0.3 is 20.3 Å². The number of hydrogen-bond donors (Lipinski definition) is 2. The molecule has 2 N–H and O–H groups in total. The second-order valence-electron chi connectivity index (χ2n) is 7.29. The van der Waals surface area contributed by atoms with Crippen LogP contribution in [0.4, 0.5) is 16.4 Å². The van der Waals surface area contributed by atoms with Gasteiger partial charge in [0.2, 0.25) is 0 Å². The average molecular weight is 446 g/mol. The number of nitrogens with zero attached hydrogens (tertiary/aromatic N) is 1. The predicted octanol–water partition coefficient (Wildman–Crippen LogP) is 5.85. The molecule has 0 spiro atoms. The van der Waals surface area contributed by atoms with Gasteiger partial charge in [-0.25, -0.2) is 4.79 Å². The minimum atomic E-state index is -0.259. The van der Waals surface area contributed by atoms with Crippen molar-refractivity contribution in [3.63, 3.8) is 0 Å². The van der Waals surface area contributed by atoms with Crippen LogP contribution in [0.2, 0.25) is 0 Å². The molecule has 5 nitrogen and oxygen atoms in total. The smallest absolute Gasteiger partial charge is 0.341 e. The van der Waals surface area contributed by atoms with Crippen LogP contribution in [0, 0.1) is 0 Å². The Morgan fingerprint density at radius 3 is 2.43 bits per heavy atom. The summed E-state index contributed by atoms with van der Waals surface area (Å²) in [5.74, 6) is -0.259. The van der Waals surface area contributed by atoms with Gasteiger partial charge in [-0.05, 0) is 88.5 Å². The molecule has 0 radical (unpaired) electrons. The number of carbonyl (C=O) groups is 1. The maximum Gasteiger partial charge on any atom is 0.341 e. The molecule has 162 valence electrons. The third-order valence-electron chi connectivity index (χ3n) is 5.38. The van der Waals surface area contributed by atoms with E-state index in [1.54, 1.807) is 11.3 Å². The van der Waals surface area contributed by atoms with Crippen molar-refractivity contribution in [1.82, 2.24) is 0 Å². The highest BCUT2D eigenvalue weighted by atomic mass is 32.1. The SMILES string of the molecule is CCOC(=O)c1c(NC(=S)Nc2ccc(N(CC)CC)cc2)sc2c1CCCCC2. The first kappa shape index (κ1) is 22.6. The normalized spacial score (nSPS) is 13.2. The van der Waals surface area contributed by atoms with E-state index in [4.69, 9.17) is 17.0 Å². The molecule has 0 aliphatic heterocycles. The fourth-order valence-corrected chi connectivity index (χ4v) is 5.43. The van der Waals surface area contributed by atoms with Crippen LogP contribution >= 0.6 is 23.6 Å². The molecule has 30 heavy (non-hydrogen) atoms. The van der Waals surface area contributed by atoms with E-state index in [0.29, 0.717) is 17.3 Å². The van der Waals surface area contributed by atoms with Crippen molar-refractivity contribution in [3.05, 3.63) is 40.3 Å². The molecule has 0 atom stereocenters. The standard InChI is InChI=1S/C23H31N3O2S2/c1-4-26(5-2)17-14-12-16(13-15-17)24-23(29)25-21-20(22(27)28-6-3)18-10-8-7-9-11-19(18)30-21/h12-15H,4-11H2,1-3H3,(H2,24,25,29). The van der Waals surface area contributed by atoms with Crippen molar-refractivity contribution in [1.29, 1.82) is 0 Å². The summed E-state index contributed by atoms with van der Waals surface area (Å²) >= 11 is 7.18. The van der Waals surface area contributed by atoms with Gasteiger partial charge >= 0.3 is 5.97 Å². The maximum absolute atomic E-state index is 12.7. The summed E-state index contributed by atoms with van der Waals surface area (Å²) in [6.07, 6.45) is 5.42. The fraction of sp³-hybridized carbons (Fsp3) is 0.478. The van der Waals surface area contributed by atoms with Crippen LogP contribution in [-0.4, -0.2) is 30.8 Å². The third kappa shape index (κ3) is 5.32. The van der Waals surface area contributed by atoms with Crippen LogP contribution in [-0.2, 0) is 17.6 Å². The summed E-state index contributed by atoms with van der Waals surface area (Å²) in [5.41, 5.74) is 3.92. The number of thiocarbonyl (C=S) groups is 1. The molecule has 1 heterocycles. The number of aryl methyl sites for hydroxylation is 1. The third-order valence-corrected chi connectivity index (χ3v) is 6.79. The fourth-order valence-electron chi connectivity index (χ4n) is 3.86. The Kier molecular flexibility index (Phi) is 8.10. The zero-order chi connectivity index (χ0) is 21.5. The van der Waals surface area contributed by atoms with Gasteiger partial charge in [0.25, 0.3) is 0 Å². The Hall–Kier alpha value is -2.12. The number of esters is 1. The van der Waals surface area contributed by atoms with Crippen LogP contribution in [0.3, 0.4) is 0 Å². The van der Waals surface area contributed by atoms with E-state index in [0.717, 1.165) is 55.0 Å². The van der Waals surface area contributed by atoms with Gasteiger partial charge in [0, 0.05) is 29.3 Å². The number of carbonyl (C=O) groups excluding carboxylic acids is 1. The average Bonchev–Trinajstić information content (AvgIpc) is 2.90. The Balaban J connectivity index is 1.75. The van der Waals surface area contributed by atoms with E-state index in [2.05, 4.69) is 41.5 Å². The predicted molar refractivity (Wildman–Crippen MR) is 131 cm³/mol. The number of rotatable bonds is 7. The summed E-state index contributed by atoms with van der Waals surface area (Å²) < 4.78 is 5.35. The molecule has 1 aliphatic carbocycles. The van der Waals surface area contributed by atoms with E-state index >= 15 is 0 Å². The molecule has 0 saturated carbocycles. The molecule has 1 aromatic heterocycles. The Bertz CT molecular complexity index is 873. The Morgan fingerprint density at radius 1 is 1.07 bits per heavy atom. The molecule has 3 rings (SSSR count). The second-order valence-corrected chi connectivity index (χ2v) is 8.80. The second kappa shape index (κ2) is 10.8. The van der Waals surface area contributed by atoms with Crippen molar-refractivity contribution < 1.29 is 9.53 Å². The zero-order valence-electron chi connectivity index (χ0n) is 18.0. The molecule has 0 fully saturated rings. The maximum atomic E-state index is 12.7. The Labute approximate surface area is 188 Å². The first-order valence-corrected chi connectivity index (χ1v) is 12.0. The van der Waals surface area contributed by atoms with Crippen LogP contribution in [0.5, 0.6) is 0 Å². The number of ether oxygens (including phenoxy) is 1. The first-order chi connectivity index (χ1) is 14.6. The van der Waals surface area contributed by atoms with Crippen LogP contribution in [0.1, 0.15) is 60.8 Å². The lowest BCUT2D eigenvalue weighted by atomic mass is 10.1. The van der Waals surface area contributed by atoms with E-state index in [-0.39, 0.29) is 5.97 Å². The summed E-state index contributed by atoms with van der Waals surface area (Å²) in [4.78, 5) is 16.3. The van der Waals surface area contributed by atoms with Crippen molar-refractivity contribution in [2.45, 2.75) is 52.9 Å². The lowest BCUT2D eigenvalue weighted by Gasteiger charge is -2.21. The molecule has 0 saturated heterocycles. The highest BCUT2D eigenvalue weighted by Gasteiger charge is 2.26. The van der Waals surface area contributed by atoms with Crippen LogP contribution in [0.25, 0.3) is 0 Å². The van der Waals surface area contributed by atoms with Crippen molar-refractivity contribution >= 4 is 51.0 Å². The van der Waals surface area contributed by atoms with Gasteiger partial charge in [0.05, 0.1) is 12.2 Å². The van der Waals surface area contributed by atoms with Gasteiger partial charge in [-0.15, -0.1) is 11.3 Å². The number of benzene rings is 1. The molecular formula is C23H31N3O2S2. The highest BCUT2D eigenvalue weighted by molar-refractivity contribution is 7.80. The number of thiophene rings is 1. The zero-order valence-corrected chi connectivity index (χ0v) is 19.7. The van der Waals surface area contributed by atoms with E-state index in [9.17, 15) is 4.79 Å².